The van der Waals surface area contributed by atoms with E-state index in [4.69, 9.17) is 8.83 Å². The number of nitrogens with zero attached hydrogens (tertiary/aromatic N) is 2. The summed E-state index contributed by atoms with van der Waals surface area (Å²) in [5.41, 5.74) is 19.0. The summed E-state index contributed by atoms with van der Waals surface area (Å²) < 4.78 is 13.3. The lowest BCUT2D eigenvalue weighted by molar-refractivity contribution is 0.669. The van der Waals surface area contributed by atoms with Crippen LogP contribution in [0, 0.1) is 13.8 Å². The highest BCUT2D eigenvalue weighted by Gasteiger charge is 2.44. The molecule has 2 aromatic heterocycles. The minimum atomic E-state index is -1.50. The molecule has 6 heteroatoms. The number of para-hydroxylation sites is 2. The van der Waals surface area contributed by atoms with Gasteiger partial charge in [0.2, 0.25) is 0 Å². The lowest BCUT2D eigenvalue weighted by Crippen LogP contribution is -2.61. The number of benzene rings is 8. The van der Waals surface area contributed by atoms with E-state index in [1.165, 1.54) is 55.2 Å². The molecular formula is C53H41BN2O2Si. The van der Waals surface area contributed by atoms with Crippen molar-refractivity contribution >= 4 is 114 Å². The Kier molecular flexibility index (Phi) is 7.19. The molecule has 282 valence electrons. The van der Waals surface area contributed by atoms with Crippen LogP contribution in [0.3, 0.4) is 0 Å². The van der Waals surface area contributed by atoms with E-state index in [1.54, 1.807) is 0 Å². The van der Waals surface area contributed by atoms with Crippen molar-refractivity contribution in [3.05, 3.63) is 169 Å². The van der Waals surface area contributed by atoms with Crippen LogP contribution in [0.25, 0.3) is 55.0 Å². The predicted molar refractivity (Wildman–Crippen MR) is 253 cm³/mol. The molecule has 2 aliphatic rings. The minimum absolute atomic E-state index is 0.105. The summed E-state index contributed by atoms with van der Waals surface area (Å²) in [6, 6.07) is 58.5. The summed E-state index contributed by atoms with van der Waals surface area (Å²) in [7, 11) is -1.50. The highest BCUT2D eigenvalue weighted by atomic mass is 28.3. The van der Waals surface area contributed by atoms with Crippen molar-refractivity contribution in [2.45, 2.75) is 33.5 Å². The SMILES string of the molecule is Cc1ccc(N2c3cc4c(cc3B3c5cc6oc7ccccc7c6cc5N(c5ccc(C)cc5)c5cc(-c6ccc([Si](C)(C)C)cc6)cc2c53)oc2ccccc24)cc1. The fourth-order valence-electron chi connectivity index (χ4n) is 9.70. The lowest BCUT2D eigenvalue weighted by Gasteiger charge is -2.44. The van der Waals surface area contributed by atoms with Gasteiger partial charge in [0.25, 0.3) is 6.71 Å². The van der Waals surface area contributed by atoms with Gasteiger partial charge in [-0.25, -0.2) is 0 Å². The molecule has 0 radical (unpaired) electrons. The highest BCUT2D eigenvalue weighted by Crippen LogP contribution is 2.48. The van der Waals surface area contributed by atoms with Gasteiger partial charge in [-0.1, -0.05) is 121 Å². The van der Waals surface area contributed by atoms with Gasteiger partial charge in [-0.2, -0.15) is 0 Å². The molecule has 0 bridgehead atoms. The van der Waals surface area contributed by atoms with Crippen molar-refractivity contribution in [2.24, 2.45) is 0 Å². The number of rotatable bonds is 4. The van der Waals surface area contributed by atoms with Crippen molar-refractivity contribution in [3.8, 4) is 11.1 Å². The van der Waals surface area contributed by atoms with E-state index in [9.17, 15) is 0 Å². The van der Waals surface area contributed by atoms with Gasteiger partial charge in [0.05, 0.1) is 8.07 Å². The number of hydrogen-bond acceptors (Lipinski definition) is 4. The fourth-order valence-corrected chi connectivity index (χ4v) is 10.9. The normalized spacial score (nSPS) is 13.4. The molecule has 0 saturated carbocycles. The molecule has 4 heterocycles. The van der Waals surface area contributed by atoms with Crippen molar-refractivity contribution in [1.29, 1.82) is 0 Å². The van der Waals surface area contributed by atoms with Crippen LogP contribution in [0.4, 0.5) is 34.1 Å². The highest BCUT2D eigenvalue weighted by molar-refractivity contribution is 7.00. The molecule has 0 N–H and O–H groups in total. The molecule has 0 atom stereocenters. The smallest absolute Gasteiger partial charge is 0.252 e. The van der Waals surface area contributed by atoms with E-state index in [1.807, 2.05) is 0 Å². The van der Waals surface area contributed by atoms with Crippen molar-refractivity contribution < 1.29 is 8.83 Å². The Balaban J connectivity index is 1.23. The molecule has 10 aromatic rings. The zero-order valence-corrected chi connectivity index (χ0v) is 34.8. The first-order valence-electron chi connectivity index (χ1n) is 20.6. The summed E-state index contributed by atoms with van der Waals surface area (Å²) in [6.07, 6.45) is 0. The molecule has 0 amide bonds. The van der Waals surface area contributed by atoms with Gasteiger partial charge < -0.3 is 18.6 Å². The molecule has 59 heavy (non-hydrogen) atoms. The molecule has 0 aliphatic carbocycles. The maximum atomic E-state index is 6.67. The molecule has 0 saturated heterocycles. The molecule has 12 rings (SSSR count). The number of aryl methyl sites for hydroxylation is 2. The van der Waals surface area contributed by atoms with Crippen molar-refractivity contribution in [3.63, 3.8) is 0 Å². The van der Waals surface area contributed by atoms with Crippen LogP contribution in [0.5, 0.6) is 0 Å². The second-order valence-electron chi connectivity index (χ2n) is 17.5. The van der Waals surface area contributed by atoms with Gasteiger partial charge in [0.1, 0.15) is 22.3 Å². The third-order valence-electron chi connectivity index (χ3n) is 12.7. The minimum Gasteiger partial charge on any atom is -0.456 e. The first-order valence-corrected chi connectivity index (χ1v) is 24.1. The van der Waals surface area contributed by atoms with Gasteiger partial charge in [0.15, 0.2) is 0 Å². The summed E-state index contributed by atoms with van der Waals surface area (Å²) in [4.78, 5) is 5.01. The number of anilines is 6. The summed E-state index contributed by atoms with van der Waals surface area (Å²) in [5, 5.41) is 5.93. The Morgan fingerprint density at radius 2 is 0.881 bits per heavy atom. The lowest BCUT2D eigenvalue weighted by atomic mass is 9.33. The molecule has 0 unspecified atom stereocenters. The van der Waals surface area contributed by atoms with Crippen LogP contribution in [-0.2, 0) is 0 Å². The summed E-state index contributed by atoms with van der Waals surface area (Å²) >= 11 is 0. The average molecular weight is 777 g/mol. The third kappa shape index (κ3) is 5.16. The van der Waals surface area contributed by atoms with Crippen molar-refractivity contribution in [1.82, 2.24) is 0 Å². The van der Waals surface area contributed by atoms with Crippen LogP contribution in [-0.4, -0.2) is 14.8 Å². The van der Waals surface area contributed by atoms with Gasteiger partial charge in [0, 0.05) is 55.7 Å². The zero-order valence-electron chi connectivity index (χ0n) is 33.8. The molecule has 0 spiro atoms. The van der Waals surface area contributed by atoms with E-state index in [0.29, 0.717) is 0 Å². The first-order chi connectivity index (χ1) is 28.7. The average Bonchev–Trinajstić information content (AvgIpc) is 3.80. The Bertz CT molecular complexity index is 3150. The molecule has 4 nitrogen and oxygen atoms in total. The largest absolute Gasteiger partial charge is 0.456 e. The van der Waals surface area contributed by atoms with Gasteiger partial charge >= 0.3 is 0 Å². The van der Waals surface area contributed by atoms with E-state index < -0.39 is 8.07 Å². The van der Waals surface area contributed by atoms with Gasteiger partial charge in [-0.3, -0.25) is 0 Å². The van der Waals surface area contributed by atoms with E-state index in [-0.39, 0.29) is 6.71 Å². The molecule has 0 fully saturated rings. The third-order valence-corrected chi connectivity index (χ3v) is 14.8. The molecular weight excluding hydrogens is 735 g/mol. The van der Waals surface area contributed by atoms with Crippen LogP contribution < -0.4 is 31.4 Å². The Morgan fingerprint density at radius 1 is 0.424 bits per heavy atom. The van der Waals surface area contributed by atoms with E-state index in [0.717, 1.165) is 66.6 Å². The first kappa shape index (κ1) is 34.3. The quantitative estimate of drug-likeness (QED) is 0.167. The van der Waals surface area contributed by atoms with E-state index >= 15 is 0 Å². The van der Waals surface area contributed by atoms with Crippen LogP contribution >= 0.6 is 0 Å². The summed E-state index contributed by atoms with van der Waals surface area (Å²) in [5.74, 6) is 0. The standard InChI is InChI=1S/C53H41BN2O2Si/c1-32-14-20-36(21-15-32)55-45-28-41-39-10-6-8-12-49(39)57-51(41)30-43(45)54-44-31-52-42(40-11-7-9-13-50(40)58-52)29-46(44)56(37-22-16-33(2)17-23-37)48-27-35(26-47(55)53(48)54)34-18-24-38(25-19-34)59(3,4)5/h6-31H,1-5H3. The number of hydrogen-bond donors (Lipinski definition) is 0. The predicted octanol–water partition coefficient (Wildman–Crippen LogP) is 12.4. The van der Waals surface area contributed by atoms with E-state index in [2.05, 4.69) is 201 Å². The maximum absolute atomic E-state index is 6.67. The Labute approximate surface area is 345 Å². The second-order valence-corrected chi connectivity index (χ2v) is 22.6. The zero-order chi connectivity index (χ0) is 39.7. The summed E-state index contributed by atoms with van der Waals surface area (Å²) in [6.45, 7) is 11.5. The van der Waals surface area contributed by atoms with Crippen molar-refractivity contribution in [2.75, 3.05) is 9.80 Å². The Hall–Kier alpha value is -6.76. The number of furan rings is 2. The van der Waals surface area contributed by atoms with Crippen LogP contribution in [0.1, 0.15) is 11.1 Å². The van der Waals surface area contributed by atoms with Crippen LogP contribution in [0.15, 0.2) is 167 Å². The van der Waals surface area contributed by atoms with Gasteiger partial charge in [-0.15, -0.1) is 0 Å². The topological polar surface area (TPSA) is 32.8 Å². The number of fused-ring (bicyclic) bond motifs is 10. The van der Waals surface area contributed by atoms with Gasteiger partial charge in [-0.05, 0) is 114 Å². The van der Waals surface area contributed by atoms with Crippen LogP contribution in [0.2, 0.25) is 19.6 Å². The fraction of sp³-hybridized carbons (Fsp3) is 0.0943. The maximum Gasteiger partial charge on any atom is 0.252 e. The monoisotopic (exact) mass is 776 g/mol. The Morgan fingerprint density at radius 3 is 1.34 bits per heavy atom. The molecule has 2 aliphatic heterocycles. The molecule has 8 aromatic carbocycles. The second kappa shape index (κ2) is 12.4.